The average Bonchev–Trinajstić information content (AvgIpc) is 2.82. The molecule has 6 nitrogen and oxygen atoms in total. The fourth-order valence-electron chi connectivity index (χ4n) is 3.20. The zero-order valence-electron chi connectivity index (χ0n) is 15.5. The van der Waals surface area contributed by atoms with Crippen LogP contribution in [-0.2, 0) is 17.6 Å². The van der Waals surface area contributed by atoms with Crippen molar-refractivity contribution in [1.29, 1.82) is 0 Å². The maximum atomic E-state index is 12.8. The molecule has 0 bridgehead atoms. The molecule has 0 unspecified atom stereocenters. The van der Waals surface area contributed by atoms with Gasteiger partial charge in [-0.3, -0.25) is 14.9 Å². The first-order valence-corrected chi connectivity index (χ1v) is 10.4. The number of ether oxygens (including phenoxy) is 1. The van der Waals surface area contributed by atoms with Gasteiger partial charge in [-0.15, -0.1) is 11.3 Å². The smallest absolute Gasteiger partial charge is 0.414 e. The van der Waals surface area contributed by atoms with Crippen LogP contribution in [0.1, 0.15) is 57.3 Å². The van der Waals surface area contributed by atoms with Crippen LogP contribution in [0.3, 0.4) is 0 Å². The molecule has 0 radical (unpaired) electrons. The van der Waals surface area contributed by atoms with Crippen LogP contribution in [0.4, 0.5) is 9.80 Å². The fraction of sp³-hybridized carbons (Fsp3) is 0.350. The number of fused-ring (bicyclic) bond motifs is 1. The number of carbonyl (C=O) groups excluding carboxylic acids is 3. The molecule has 1 heterocycles. The fourth-order valence-corrected chi connectivity index (χ4v) is 4.67. The average molecular weight is 421 g/mol. The molecule has 148 valence electrons. The first kappa shape index (κ1) is 20.4. The number of benzene rings is 1. The second-order valence-corrected chi connectivity index (χ2v) is 7.95. The molecule has 0 saturated heterocycles. The number of anilines is 1. The predicted octanol–water partition coefficient (Wildman–Crippen LogP) is 4.81. The molecule has 1 aliphatic carbocycles. The Morgan fingerprint density at radius 2 is 1.93 bits per heavy atom. The van der Waals surface area contributed by atoms with Gasteiger partial charge in [0, 0.05) is 15.5 Å². The quantitative estimate of drug-likeness (QED) is 0.695. The summed E-state index contributed by atoms with van der Waals surface area (Å²) in [5, 5.41) is 5.97. The molecule has 3 amide bonds. The number of hydrogen-bond acceptors (Lipinski definition) is 5. The van der Waals surface area contributed by atoms with Crippen LogP contribution in [0.2, 0.25) is 5.02 Å². The highest BCUT2D eigenvalue weighted by Crippen LogP contribution is 2.37. The van der Waals surface area contributed by atoms with E-state index in [-0.39, 0.29) is 12.5 Å². The molecule has 1 aliphatic rings. The third-order valence-corrected chi connectivity index (χ3v) is 5.90. The van der Waals surface area contributed by atoms with Gasteiger partial charge in [0.2, 0.25) is 0 Å². The van der Waals surface area contributed by atoms with Gasteiger partial charge in [0.05, 0.1) is 12.2 Å². The van der Waals surface area contributed by atoms with Crippen molar-refractivity contribution in [3.8, 4) is 0 Å². The summed E-state index contributed by atoms with van der Waals surface area (Å²) in [7, 11) is 0. The Kier molecular flexibility index (Phi) is 6.70. The van der Waals surface area contributed by atoms with Crippen molar-refractivity contribution in [2.24, 2.45) is 0 Å². The van der Waals surface area contributed by atoms with Crippen molar-refractivity contribution in [3.63, 3.8) is 0 Å². The largest absolute Gasteiger partial charge is 0.450 e. The number of halogens is 1. The molecule has 2 aromatic rings. The Hall–Kier alpha value is -2.38. The number of imide groups is 1. The van der Waals surface area contributed by atoms with Gasteiger partial charge in [-0.05, 0) is 56.4 Å². The third-order valence-electron chi connectivity index (χ3n) is 4.45. The van der Waals surface area contributed by atoms with E-state index in [1.807, 2.05) is 0 Å². The lowest BCUT2D eigenvalue weighted by Gasteiger charge is -2.09. The predicted molar refractivity (Wildman–Crippen MR) is 109 cm³/mol. The van der Waals surface area contributed by atoms with E-state index in [0.717, 1.165) is 42.5 Å². The van der Waals surface area contributed by atoms with Crippen molar-refractivity contribution >= 4 is 45.8 Å². The Labute approximate surface area is 172 Å². The summed E-state index contributed by atoms with van der Waals surface area (Å²) < 4.78 is 4.81. The number of thiophene rings is 1. The van der Waals surface area contributed by atoms with Crippen molar-refractivity contribution < 1.29 is 19.1 Å². The number of rotatable bonds is 4. The SMILES string of the molecule is CCOC(=O)NC(=O)c1c(NC(=O)c2cccc(Cl)c2)sc2c1CCCCC2. The second kappa shape index (κ2) is 9.21. The minimum Gasteiger partial charge on any atom is -0.450 e. The van der Waals surface area contributed by atoms with E-state index in [1.165, 1.54) is 11.3 Å². The van der Waals surface area contributed by atoms with Crippen LogP contribution in [-0.4, -0.2) is 24.5 Å². The molecular formula is C20H21ClN2O4S. The summed E-state index contributed by atoms with van der Waals surface area (Å²) in [5.41, 5.74) is 1.66. The lowest BCUT2D eigenvalue weighted by atomic mass is 10.0. The zero-order valence-corrected chi connectivity index (χ0v) is 17.0. The number of carbonyl (C=O) groups is 3. The number of amides is 3. The van der Waals surface area contributed by atoms with Gasteiger partial charge in [-0.25, -0.2) is 4.79 Å². The Morgan fingerprint density at radius 1 is 1.14 bits per heavy atom. The van der Waals surface area contributed by atoms with E-state index in [2.05, 4.69) is 10.6 Å². The van der Waals surface area contributed by atoms with Gasteiger partial charge < -0.3 is 10.1 Å². The monoisotopic (exact) mass is 420 g/mol. The lowest BCUT2D eigenvalue weighted by Crippen LogP contribution is -2.32. The highest BCUT2D eigenvalue weighted by atomic mass is 35.5. The molecule has 8 heteroatoms. The second-order valence-electron chi connectivity index (χ2n) is 6.41. The van der Waals surface area contributed by atoms with Crippen LogP contribution in [0, 0.1) is 0 Å². The highest BCUT2D eigenvalue weighted by Gasteiger charge is 2.27. The van der Waals surface area contributed by atoms with E-state index in [0.29, 0.717) is 21.2 Å². The number of hydrogen-bond donors (Lipinski definition) is 2. The molecular weight excluding hydrogens is 400 g/mol. The van der Waals surface area contributed by atoms with Crippen molar-refractivity contribution in [3.05, 3.63) is 50.9 Å². The normalized spacial score (nSPS) is 13.2. The summed E-state index contributed by atoms with van der Waals surface area (Å²) in [6.45, 7) is 1.83. The summed E-state index contributed by atoms with van der Waals surface area (Å²) in [5.74, 6) is -0.914. The Morgan fingerprint density at radius 3 is 2.68 bits per heavy atom. The Balaban J connectivity index is 1.92. The molecule has 0 fully saturated rings. The molecule has 0 atom stereocenters. The summed E-state index contributed by atoms with van der Waals surface area (Å²) in [6.07, 6.45) is 3.88. The van der Waals surface area contributed by atoms with E-state index in [9.17, 15) is 14.4 Å². The van der Waals surface area contributed by atoms with E-state index in [1.54, 1.807) is 31.2 Å². The molecule has 0 aliphatic heterocycles. The van der Waals surface area contributed by atoms with Gasteiger partial charge in [0.25, 0.3) is 11.8 Å². The van der Waals surface area contributed by atoms with Gasteiger partial charge in [-0.2, -0.15) is 0 Å². The van der Waals surface area contributed by atoms with Crippen molar-refractivity contribution in [2.45, 2.75) is 39.0 Å². The van der Waals surface area contributed by atoms with Gasteiger partial charge in [-0.1, -0.05) is 24.1 Å². The van der Waals surface area contributed by atoms with E-state index in [4.69, 9.17) is 16.3 Å². The zero-order chi connectivity index (χ0) is 20.1. The van der Waals surface area contributed by atoms with Gasteiger partial charge >= 0.3 is 6.09 Å². The molecule has 3 rings (SSSR count). The van der Waals surface area contributed by atoms with Crippen LogP contribution in [0.5, 0.6) is 0 Å². The van der Waals surface area contributed by atoms with E-state index < -0.39 is 12.0 Å². The molecule has 1 aromatic heterocycles. The molecule has 0 saturated carbocycles. The van der Waals surface area contributed by atoms with Gasteiger partial charge in [0.1, 0.15) is 5.00 Å². The number of aryl methyl sites for hydroxylation is 1. The minimum atomic E-state index is -0.798. The molecule has 1 aromatic carbocycles. The van der Waals surface area contributed by atoms with Crippen molar-refractivity contribution in [2.75, 3.05) is 11.9 Å². The number of alkyl carbamates (subject to hydrolysis) is 1. The van der Waals surface area contributed by atoms with Gasteiger partial charge in [0.15, 0.2) is 0 Å². The molecule has 2 N–H and O–H groups in total. The summed E-state index contributed by atoms with van der Waals surface area (Å²) >= 11 is 7.36. The van der Waals surface area contributed by atoms with E-state index >= 15 is 0 Å². The first-order valence-electron chi connectivity index (χ1n) is 9.19. The van der Waals surface area contributed by atoms with Crippen LogP contribution in [0.25, 0.3) is 0 Å². The summed E-state index contributed by atoms with van der Waals surface area (Å²) in [6, 6.07) is 6.59. The van der Waals surface area contributed by atoms with Crippen molar-refractivity contribution in [1.82, 2.24) is 5.32 Å². The molecule has 0 spiro atoms. The first-order chi connectivity index (χ1) is 13.5. The lowest BCUT2D eigenvalue weighted by molar-refractivity contribution is 0.0925. The summed E-state index contributed by atoms with van der Waals surface area (Å²) in [4.78, 5) is 38.3. The molecule has 28 heavy (non-hydrogen) atoms. The maximum absolute atomic E-state index is 12.8. The Bertz CT molecular complexity index is 910. The van der Waals surface area contributed by atoms with Crippen LogP contribution in [0.15, 0.2) is 24.3 Å². The van der Waals surface area contributed by atoms with Crippen LogP contribution >= 0.6 is 22.9 Å². The maximum Gasteiger partial charge on any atom is 0.414 e. The topological polar surface area (TPSA) is 84.5 Å². The minimum absolute atomic E-state index is 0.166. The number of nitrogens with one attached hydrogen (secondary N) is 2. The third kappa shape index (κ3) is 4.72. The highest BCUT2D eigenvalue weighted by molar-refractivity contribution is 7.17. The van der Waals surface area contributed by atoms with Crippen LogP contribution < -0.4 is 10.6 Å². The standard InChI is InChI=1S/C20H21ClN2O4S/c1-2-27-20(26)23-18(25)16-14-9-4-3-5-10-15(14)28-19(16)22-17(24)12-7-6-8-13(21)11-12/h6-8,11H,2-5,9-10H2,1H3,(H,22,24)(H,23,25,26).